The number of carbonyl (C=O) groups is 1. The SMILES string of the molecule is Cc1ccc(C(=O)N2N=C(c3ccc(Cl)cc3)C[C@@H]2c2ccco2)cc1. The van der Waals surface area contributed by atoms with Gasteiger partial charge in [-0.3, -0.25) is 4.79 Å². The highest BCUT2D eigenvalue weighted by molar-refractivity contribution is 6.30. The van der Waals surface area contributed by atoms with Crippen LogP contribution in [0.4, 0.5) is 0 Å². The molecule has 1 amide bonds. The fraction of sp³-hybridized carbons (Fsp3) is 0.143. The maximum Gasteiger partial charge on any atom is 0.274 e. The number of rotatable bonds is 3. The Bertz CT molecular complexity index is 945. The number of aryl methyl sites for hydroxylation is 1. The fourth-order valence-electron chi connectivity index (χ4n) is 3.05. The van der Waals surface area contributed by atoms with E-state index in [4.69, 9.17) is 16.0 Å². The number of amides is 1. The molecule has 0 unspecified atom stereocenters. The number of halogens is 1. The van der Waals surface area contributed by atoms with E-state index in [1.54, 1.807) is 6.26 Å². The number of hydrazone groups is 1. The molecule has 130 valence electrons. The molecule has 0 aliphatic carbocycles. The summed E-state index contributed by atoms with van der Waals surface area (Å²) >= 11 is 5.98. The van der Waals surface area contributed by atoms with Crippen LogP contribution in [0.5, 0.6) is 0 Å². The van der Waals surface area contributed by atoms with Crippen LogP contribution in [0.2, 0.25) is 5.02 Å². The minimum Gasteiger partial charge on any atom is -0.467 e. The Balaban J connectivity index is 1.70. The van der Waals surface area contributed by atoms with Gasteiger partial charge in [-0.05, 0) is 48.9 Å². The zero-order valence-electron chi connectivity index (χ0n) is 14.2. The van der Waals surface area contributed by atoms with Crippen molar-refractivity contribution < 1.29 is 9.21 Å². The highest BCUT2D eigenvalue weighted by Gasteiger charge is 2.35. The van der Waals surface area contributed by atoms with Crippen molar-refractivity contribution in [2.24, 2.45) is 5.10 Å². The van der Waals surface area contributed by atoms with E-state index >= 15 is 0 Å². The maximum absolute atomic E-state index is 13.1. The number of hydrogen-bond acceptors (Lipinski definition) is 3. The van der Waals surface area contributed by atoms with Gasteiger partial charge >= 0.3 is 0 Å². The lowest BCUT2D eigenvalue weighted by molar-refractivity contribution is 0.0693. The minimum atomic E-state index is -0.260. The smallest absolute Gasteiger partial charge is 0.274 e. The molecule has 1 aliphatic rings. The Morgan fingerprint density at radius 3 is 2.50 bits per heavy atom. The summed E-state index contributed by atoms with van der Waals surface area (Å²) in [5.41, 5.74) is 3.50. The largest absolute Gasteiger partial charge is 0.467 e. The molecule has 1 aliphatic heterocycles. The first-order chi connectivity index (χ1) is 12.6. The third-order valence-corrected chi connectivity index (χ3v) is 4.72. The number of carbonyl (C=O) groups excluding carboxylic acids is 1. The van der Waals surface area contributed by atoms with Crippen LogP contribution in [0.3, 0.4) is 0 Å². The van der Waals surface area contributed by atoms with Crippen molar-refractivity contribution in [2.75, 3.05) is 0 Å². The molecular weight excluding hydrogens is 348 g/mol. The van der Waals surface area contributed by atoms with Gasteiger partial charge in [-0.1, -0.05) is 41.4 Å². The van der Waals surface area contributed by atoms with Crippen molar-refractivity contribution in [3.8, 4) is 0 Å². The Kier molecular flexibility index (Phi) is 4.35. The van der Waals surface area contributed by atoms with Crippen LogP contribution in [-0.4, -0.2) is 16.6 Å². The third kappa shape index (κ3) is 3.16. The molecule has 0 spiro atoms. The topological polar surface area (TPSA) is 45.8 Å². The van der Waals surface area contributed by atoms with Crippen molar-refractivity contribution >= 4 is 23.2 Å². The third-order valence-electron chi connectivity index (χ3n) is 4.47. The average Bonchev–Trinajstić information content (AvgIpc) is 3.32. The molecule has 1 aromatic heterocycles. The molecule has 0 saturated carbocycles. The van der Waals surface area contributed by atoms with E-state index in [1.165, 1.54) is 5.01 Å². The Hall–Kier alpha value is -2.85. The molecule has 2 aromatic carbocycles. The summed E-state index contributed by atoms with van der Waals surface area (Å²) < 4.78 is 5.57. The molecule has 5 heteroatoms. The van der Waals surface area contributed by atoms with E-state index in [9.17, 15) is 4.79 Å². The van der Waals surface area contributed by atoms with Gasteiger partial charge in [0.2, 0.25) is 0 Å². The molecule has 1 atom stereocenters. The van der Waals surface area contributed by atoms with Gasteiger partial charge in [0.25, 0.3) is 5.91 Å². The Morgan fingerprint density at radius 1 is 1.12 bits per heavy atom. The van der Waals surface area contributed by atoms with Crippen molar-refractivity contribution in [2.45, 2.75) is 19.4 Å². The van der Waals surface area contributed by atoms with Crippen LogP contribution < -0.4 is 0 Å². The number of nitrogens with zero attached hydrogens (tertiary/aromatic N) is 2. The van der Waals surface area contributed by atoms with E-state index in [-0.39, 0.29) is 11.9 Å². The molecule has 0 N–H and O–H groups in total. The second-order valence-electron chi connectivity index (χ2n) is 6.30. The standard InChI is InChI=1S/C21H17ClN2O2/c1-14-4-6-16(7-5-14)21(25)24-19(20-3-2-12-26-20)13-18(23-24)15-8-10-17(22)11-9-15/h2-12,19H,13H2,1H3/t19-/m1/s1. The van der Waals surface area contributed by atoms with Gasteiger partial charge in [0.15, 0.2) is 0 Å². The maximum atomic E-state index is 13.1. The summed E-state index contributed by atoms with van der Waals surface area (Å²) in [6.07, 6.45) is 2.21. The van der Waals surface area contributed by atoms with Crippen molar-refractivity contribution in [3.63, 3.8) is 0 Å². The summed E-state index contributed by atoms with van der Waals surface area (Å²) in [7, 11) is 0. The highest BCUT2D eigenvalue weighted by atomic mass is 35.5. The summed E-state index contributed by atoms with van der Waals surface area (Å²) in [6, 6.07) is 18.4. The van der Waals surface area contributed by atoms with Gasteiger partial charge in [0.05, 0.1) is 12.0 Å². The normalized spacial score (nSPS) is 16.6. The molecule has 4 rings (SSSR count). The molecule has 0 radical (unpaired) electrons. The zero-order valence-corrected chi connectivity index (χ0v) is 15.0. The molecule has 0 saturated heterocycles. The second kappa shape index (κ2) is 6.81. The van der Waals surface area contributed by atoms with Gasteiger partial charge in [-0.25, -0.2) is 5.01 Å². The van der Waals surface area contributed by atoms with Crippen LogP contribution in [0.25, 0.3) is 0 Å². The lowest BCUT2D eigenvalue weighted by Gasteiger charge is -2.20. The lowest BCUT2D eigenvalue weighted by Crippen LogP contribution is -2.26. The van der Waals surface area contributed by atoms with Crippen molar-refractivity contribution in [1.29, 1.82) is 0 Å². The van der Waals surface area contributed by atoms with Crippen molar-refractivity contribution in [1.82, 2.24) is 5.01 Å². The minimum absolute atomic E-state index is 0.143. The summed E-state index contributed by atoms with van der Waals surface area (Å²) in [5, 5.41) is 6.81. The molecule has 26 heavy (non-hydrogen) atoms. The van der Waals surface area contributed by atoms with E-state index in [0.717, 1.165) is 22.6 Å². The van der Waals surface area contributed by atoms with E-state index in [0.29, 0.717) is 17.0 Å². The van der Waals surface area contributed by atoms with Gasteiger partial charge in [-0.2, -0.15) is 5.10 Å². The first kappa shape index (κ1) is 16.6. The summed E-state index contributed by atoms with van der Waals surface area (Å²) in [6.45, 7) is 1.99. The van der Waals surface area contributed by atoms with Crippen LogP contribution in [0.15, 0.2) is 76.4 Å². The van der Waals surface area contributed by atoms with Gasteiger partial charge in [-0.15, -0.1) is 0 Å². The van der Waals surface area contributed by atoms with Crippen LogP contribution in [-0.2, 0) is 0 Å². The van der Waals surface area contributed by atoms with Crippen molar-refractivity contribution in [3.05, 3.63) is 94.4 Å². The predicted octanol–water partition coefficient (Wildman–Crippen LogP) is 5.23. The number of furan rings is 1. The molecule has 0 bridgehead atoms. The Morgan fingerprint density at radius 2 is 1.85 bits per heavy atom. The zero-order chi connectivity index (χ0) is 18.1. The van der Waals surface area contributed by atoms with E-state index < -0.39 is 0 Å². The van der Waals surface area contributed by atoms with E-state index in [1.807, 2.05) is 67.6 Å². The number of benzene rings is 2. The highest BCUT2D eigenvalue weighted by Crippen LogP contribution is 2.34. The van der Waals surface area contributed by atoms with Crippen LogP contribution >= 0.6 is 11.6 Å². The first-order valence-electron chi connectivity index (χ1n) is 8.39. The molecule has 2 heterocycles. The Labute approximate surface area is 156 Å². The van der Waals surface area contributed by atoms with Gasteiger partial charge < -0.3 is 4.42 Å². The first-order valence-corrected chi connectivity index (χ1v) is 8.76. The molecular formula is C21H17ClN2O2. The lowest BCUT2D eigenvalue weighted by atomic mass is 10.0. The van der Waals surface area contributed by atoms with Crippen LogP contribution in [0.1, 0.15) is 39.7 Å². The predicted molar refractivity (Wildman–Crippen MR) is 101 cm³/mol. The monoisotopic (exact) mass is 364 g/mol. The molecule has 0 fully saturated rings. The summed E-state index contributed by atoms with van der Waals surface area (Å²) in [4.78, 5) is 13.1. The van der Waals surface area contributed by atoms with E-state index in [2.05, 4.69) is 5.10 Å². The average molecular weight is 365 g/mol. The quantitative estimate of drug-likeness (QED) is 0.638. The van der Waals surface area contributed by atoms with Gasteiger partial charge in [0, 0.05) is 17.0 Å². The number of hydrogen-bond donors (Lipinski definition) is 0. The second-order valence-corrected chi connectivity index (χ2v) is 6.74. The fourth-order valence-corrected chi connectivity index (χ4v) is 3.17. The van der Waals surface area contributed by atoms with Gasteiger partial charge in [0.1, 0.15) is 11.8 Å². The van der Waals surface area contributed by atoms with Crippen LogP contribution in [0, 0.1) is 6.92 Å². The summed E-state index contributed by atoms with van der Waals surface area (Å²) in [5.74, 6) is 0.577. The molecule has 3 aromatic rings. The molecule has 4 nitrogen and oxygen atoms in total.